The number of hydrogen-bond acceptors (Lipinski definition) is 7. The predicted octanol–water partition coefficient (Wildman–Crippen LogP) is 2.13. The van der Waals surface area contributed by atoms with Gasteiger partial charge in [0.25, 0.3) is 0 Å². The van der Waals surface area contributed by atoms with Crippen molar-refractivity contribution in [3.05, 3.63) is 41.1 Å². The van der Waals surface area contributed by atoms with Crippen molar-refractivity contribution in [2.24, 2.45) is 0 Å². The second-order valence-electron chi connectivity index (χ2n) is 4.98. The van der Waals surface area contributed by atoms with E-state index in [0.717, 1.165) is 5.69 Å². The first-order chi connectivity index (χ1) is 10.4. The third kappa shape index (κ3) is 2.93. The van der Waals surface area contributed by atoms with E-state index in [1.54, 1.807) is 23.7 Å². The molecule has 3 rings (SSSR count). The van der Waals surface area contributed by atoms with E-state index < -0.39 is 9.84 Å². The number of aromatic nitrogens is 3. The first kappa shape index (κ1) is 14.9. The molecule has 0 aliphatic rings. The summed E-state index contributed by atoms with van der Waals surface area (Å²) in [6.07, 6.45) is 2.67. The number of nitrogens with zero attached hydrogens (tertiary/aromatic N) is 4. The summed E-state index contributed by atoms with van der Waals surface area (Å²) in [5, 5.41) is 2.69. The van der Waals surface area contributed by atoms with Crippen LogP contribution in [0.4, 0.5) is 5.82 Å². The zero-order valence-electron chi connectivity index (χ0n) is 12.1. The SMILES string of the molecule is CN(Cc1cscn1)c1ncnc2ccc(S(C)(=O)=O)cc12. The maximum absolute atomic E-state index is 11.8. The molecule has 0 saturated carbocycles. The molecule has 0 aliphatic heterocycles. The summed E-state index contributed by atoms with van der Waals surface area (Å²) in [6, 6.07) is 4.89. The predicted molar refractivity (Wildman–Crippen MR) is 86.9 cm³/mol. The molecule has 0 unspecified atom stereocenters. The molecule has 8 heteroatoms. The molecule has 114 valence electrons. The van der Waals surface area contributed by atoms with Crippen LogP contribution in [0.2, 0.25) is 0 Å². The van der Waals surface area contributed by atoms with Crippen molar-refractivity contribution < 1.29 is 8.42 Å². The summed E-state index contributed by atoms with van der Waals surface area (Å²) in [7, 11) is -1.37. The minimum atomic E-state index is -3.27. The van der Waals surface area contributed by atoms with Gasteiger partial charge in [-0.3, -0.25) is 0 Å². The molecule has 0 amide bonds. The highest BCUT2D eigenvalue weighted by Gasteiger charge is 2.14. The highest BCUT2D eigenvalue weighted by molar-refractivity contribution is 7.90. The van der Waals surface area contributed by atoms with Gasteiger partial charge in [0.2, 0.25) is 0 Å². The fourth-order valence-corrected chi connectivity index (χ4v) is 3.39. The van der Waals surface area contributed by atoms with E-state index >= 15 is 0 Å². The van der Waals surface area contributed by atoms with Crippen molar-refractivity contribution in [3.8, 4) is 0 Å². The molecule has 2 aromatic heterocycles. The lowest BCUT2D eigenvalue weighted by Gasteiger charge is -2.18. The Morgan fingerprint density at radius 1 is 1.23 bits per heavy atom. The molecule has 0 fully saturated rings. The summed E-state index contributed by atoms with van der Waals surface area (Å²) in [5.41, 5.74) is 3.43. The molecule has 0 bridgehead atoms. The van der Waals surface area contributed by atoms with Crippen molar-refractivity contribution in [1.29, 1.82) is 0 Å². The lowest BCUT2D eigenvalue weighted by molar-refractivity contribution is 0.602. The topological polar surface area (TPSA) is 76.1 Å². The number of hydrogen-bond donors (Lipinski definition) is 0. The van der Waals surface area contributed by atoms with Gasteiger partial charge >= 0.3 is 0 Å². The minimum absolute atomic E-state index is 0.262. The second-order valence-corrected chi connectivity index (χ2v) is 7.72. The molecular weight excluding hydrogens is 320 g/mol. The van der Waals surface area contributed by atoms with Gasteiger partial charge in [-0.05, 0) is 18.2 Å². The van der Waals surface area contributed by atoms with Crippen molar-refractivity contribution in [3.63, 3.8) is 0 Å². The molecule has 0 aliphatic carbocycles. The van der Waals surface area contributed by atoms with Gasteiger partial charge in [-0.25, -0.2) is 23.4 Å². The molecule has 22 heavy (non-hydrogen) atoms. The van der Waals surface area contributed by atoms with Crippen molar-refractivity contribution in [2.45, 2.75) is 11.4 Å². The third-order valence-electron chi connectivity index (χ3n) is 3.26. The molecule has 0 radical (unpaired) electrons. The summed E-state index contributed by atoms with van der Waals surface area (Å²) in [6.45, 7) is 0.596. The molecular formula is C14H14N4O2S2. The van der Waals surface area contributed by atoms with E-state index in [9.17, 15) is 8.42 Å². The normalized spacial score (nSPS) is 11.7. The van der Waals surface area contributed by atoms with Crippen molar-refractivity contribution >= 4 is 37.9 Å². The van der Waals surface area contributed by atoms with Crippen LogP contribution < -0.4 is 4.90 Å². The number of sulfone groups is 1. The highest BCUT2D eigenvalue weighted by Crippen LogP contribution is 2.26. The number of benzene rings is 1. The fraction of sp³-hybridized carbons (Fsp3) is 0.214. The Bertz CT molecular complexity index is 908. The Labute approximate surface area is 132 Å². The molecule has 2 heterocycles. The first-order valence-electron chi connectivity index (χ1n) is 6.48. The summed E-state index contributed by atoms with van der Waals surface area (Å²) in [5.74, 6) is 0.684. The molecule has 3 aromatic rings. The van der Waals surface area contributed by atoms with Crippen LogP contribution in [-0.2, 0) is 16.4 Å². The number of fused-ring (bicyclic) bond motifs is 1. The van der Waals surface area contributed by atoms with Crippen LogP contribution in [0.15, 0.2) is 40.3 Å². The maximum atomic E-state index is 11.8. The number of rotatable bonds is 4. The van der Waals surface area contributed by atoms with Crippen molar-refractivity contribution in [1.82, 2.24) is 15.0 Å². The average Bonchev–Trinajstić information content (AvgIpc) is 2.98. The Morgan fingerprint density at radius 3 is 2.73 bits per heavy atom. The Morgan fingerprint density at radius 2 is 2.05 bits per heavy atom. The van der Waals surface area contributed by atoms with Gasteiger partial charge in [0.15, 0.2) is 9.84 Å². The standard InChI is InChI=1S/C14H14N4O2S2/c1-18(6-10-7-21-9-17-10)14-12-5-11(22(2,19)20)3-4-13(12)15-8-16-14/h3-5,7-9H,6H2,1-2H3. The molecule has 1 aromatic carbocycles. The zero-order valence-corrected chi connectivity index (χ0v) is 13.7. The fourth-order valence-electron chi connectivity index (χ4n) is 2.19. The van der Waals surface area contributed by atoms with E-state index in [-0.39, 0.29) is 4.90 Å². The maximum Gasteiger partial charge on any atom is 0.175 e. The van der Waals surface area contributed by atoms with Crippen LogP contribution in [0.3, 0.4) is 0 Å². The second kappa shape index (κ2) is 5.62. The van der Waals surface area contributed by atoms with Crippen molar-refractivity contribution in [2.75, 3.05) is 18.2 Å². The average molecular weight is 334 g/mol. The van der Waals surface area contributed by atoms with Gasteiger partial charge in [0, 0.05) is 24.1 Å². The largest absolute Gasteiger partial charge is 0.353 e. The van der Waals surface area contributed by atoms with Gasteiger partial charge in [0.1, 0.15) is 12.1 Å². The van der Waals surface area contributed by atoms with Gasteiger partial charge in [-0.1, -0.05) is 0 Å². The van der Waals surface area contributed by atoms with Gasteiger partial charge in [0.05, 0.1) is 28.2 Å². The van der Waals surface area contributed by atoms with E-state index in [2.05, 4.69) is 15.0 Å². The van der Waals surface area contributed by atoms with Crippen LogP contribution >= 0.6 is 11.3 Å². The van der Waals surface area contributed by atoms with Crippen LogP contribution in [0.5, 0.6) is 0 Å². The summed E-state index contributed by atoms with van der Waals surface area (Å²) >= 11 is 1.54. The lowest BCUT2D eigenvalue weighted by Crippen LogP contribution is -2.18. The highest BCUT2D eigenvalue weighted by atomic mass is 32.2. The quantitative estimate of drug-likeness (QED) is 0.727. The molecule has 0 spiro atoms. The van der Waals surface area contributed by atoms with E-state index in [1.807, 2.05) is 17.3 Å². The zero-order chi connectivity index (χ0) is 15.7. The Balaban J connectivity index is 2.08. The molecule has 0 N–H and O–H groups in total. The smallest absolute Gasteiger partial charge is 0.175 e. The minimum Gasteiger partial charge on any atom is -0.353 e. The first-order valence-corrected chi connectivity index (χ1v) is 9.31. The number of thiazole rings is 1. The lowest BCUT2D eigenvalue weighted by atomic mass is 10.2. The molecule has 0 saturated heterocycles. The Hall–Kier alpha value is -2.06. The summed E-state index contributed by atoms with van der Waals surface area (Å²) < 4.78 is 23.5. The van der Waals surface area contributed by atoms with Gasteiger partial charge < -0.3 is 4.90 Å². The van der Waals surface area contributed by atoms with Gasteiger partial charge in [-0.15, -0.1) is 11.3 Å². The number of anilines is 1. The Kier molecular flexibility index (Phi) is 3.79. The monoisotopic (exact) mass is 334 g/mol. The van der Waals surface area contributed by atoms with Gasteiger partial charge in [-0.2, -0.15) is 0 Å². The van der Waals surface area contributed by atoms with Crippen LogP contribution in [0.25, 0.3) is 10.9 Å². The van der Waals surface area contributed by atoms with Crippen LogP contribution in [-0.4, -0.2) is 36.7 Å². The molecule has 6 nitrogen and oxygen atoms in total. The molecule has 0 atom stereocenters. The summed E-state index contributed by atoms with van der Waals surface area (Å²) in [4.78, 5) is 15.0. The third-order valence-corrected chi connectivity index (χ3v) is 5.00. The van der Waals surface area contributed by atoms with Crippen LogP contribution in [0.1, 0.15) is 5.69 Å². The van der Waals surface area contributed by atoms with E-state index in [1.165, 1.54) is 23.9 Å². The van der Waals surface area contributed by atoms with E-state index in [4.69, 9.17) is 0 Å². The van der Waals surface area contributed by atoms with E-state index in [0.29, 0.717) is 23.3 Å². The van der Waals surface area contributed by atoms with Crippen LogP contribution in [0, 0.1) is 0 Å².